The molecule has 0 rings (SSSR count). The molecule has 1 radical (unpaired) electrons. The first-order valence-corrected chi connectivity index (χ1v) is 4.30. The standard InChI is InChI=1S/C8H17S/c1-3-5-7-8(9)6-4-2/h8-9H,2-7H2,1H3. The van der Waals surface area contributed by atoms with E-state index in [-0.39, 0.29) is 0 Å². The Balaban J connectivity index is 2.95. The van der Waals surface area contributed by atoms with Gasteiger partial charge in [-0.1, -0.05) is 33.1 Å². The summed E-state index contributed by atoms with van der Waals surface area (Å²) in [6, 6.07) is 0. The fourth-order valence-electron chi connectivity index (χ4n) is 0.820. The Bertz CT molecular complexity index is 52.5. The first-order valence-electron chi connectivity index (χ1n) is 3.78. The molecule has 0 amide bonds. The van der Waals surface area contributed by atoms with E-state index < -0.39 is 0 Å². The fraction of sp³-hybridized carbons (Fsp3) is 0.875. The van der Waals surface area contributed by atoms with E-state index >= 15 is 0 Å². The summed E-state index contributed by atoms with van der Waals surface area (Å²) < 4.78 is 0. The van der Waals surface area contributed by atoms with Crippen molar-refractivity contribution in [3.8, 4) is 0 Å². The van der Waals surface area contributed by atoms with Crippen molar-refractivity contribution in [3.05, 3.63) is 6.92 Å². The van der Waals surface area contributed by atoms with E-state index in [0.717, 1.165) is 6.42 Å². The first-order chi connectivity index (χ1) is 4.31. The molecule has 0 aromatic rings. The molecule has 1 unspecified atom stereocenters. The van der Waals surface area contributed by atoms with Crippen LogP contribution in [0.4, 0.5) is 0 Å². The molecule has 55 valence electrons. The zero-order valence-electron chi connectivity index (χ0n) is 6.27. The van der Waals surface area contributed by atoms with Gasteiger partial charge < -0.3 is 0 Å². The van der Waals surface area contributed by atoms with Crippen molar-refractivity contribution in [2.45, 2.75) is 44.3 Å². The van der Waals surface area contributed by atoms with Gasteiger partial charge >= 0.3 is 0 Å². The van der Waals surface area contributed by atoms with Gasteiger partial charge in [0.2, 0.25) is 0 Å². The van der Waals surface area contributed by atoms with Gasteiger partial charge in [0.1, 0.15) is 0 Å². The summed E-state index contributed by atoms with van der Waals surface area (Å²) in [4.78, 5) is 0. The predicted octanol–water partition coefficient (Wildman–Crippen LogP) is 3.09. The maximum Gasteiger partial charge on any atom is 0.00168 e. The SMILES string of the molecule is [CH2]CCC(S)CCCC. The molecule has 0 saturated heterocycles. The van der Waals surface area contributed by atoms with Crippen molar-refractivity contribution in [2.24, 2.45) is 0 Å². The summed E-state index contributed by atoms with van der Waals surface area (Å²) in [5.74, 6) is 0. The van der Waals surface area contributed by atoms with Gasteiger partial charge in [0.05, 0.1) is 0 Å². The van der Waals surface area contributed by atoms with Crippen molar-refractivity contribution in [2.75, 3.05) is 0 Å². The molecule has 0 bridgehead atoms. The number of hydrogen-bond acceptors (Lipinski definition) is 1. The normalized spacial score (nSPS) is 13.7. The fourth-order valence-corrected chi connectivity index (χ4v) is 1.18. The van der Waals surface area contributed by atoms with Crippen LogP contribution in [0.15, 0.2) is 0 Å². The van der Waals surface area contributed by atoms with Crippen LogP contribution in [0.25, 0.3) is 0 Å². The van der Waals surface area contributed by atoms with Gasteiger partial charge in [-0.15, -0.1) is 0 Å². The summed E-state index contributed by atoms with van der Waals surface area (Å²) in [5.41, 5.74) is 0. The van der Waals surface area contributed by atoms with Crippen molar-refractivity contribution in [3.63, 3.8) is 0 Å². The van der Waals surface area contributed by atoms with Crippen LogP contribution in [-0.2, 0) is 0 Å². The molecule has 0 nitrogen and oxygen atoms in total. The van der Waals surface area contributed by atoms with Gasteiger partial charge in [-0.05, 0) is 12.8 Å². The molecule has 0 aliphatic rings. The Morgan fingerprint density at radius 2 is 2.11 bits per heavy atom. The van der Waals surface area contributed by atoms with Gasteiger partial charge in [-0.3, -0.25) is 0 Å². The Morgan fingerprint density at radius 1 is 1.44 bits per heavy atom. The van der Waals surface area contributed by atoms with Gasteiger partial charge in [-0.2, -0.15) is 12.6 Å². The third-order valence-corrected chi connectivity index (χ3v) is 1.94. The molecule has 0 spiro atoms. The summed E-state index contributed by atoms with van der Waals surface area (Å²) in [6.07, 6.45) is 6.05. The molecule has 1 heteroatoms. The van der Waals surface area contributed by atoms with Crippen molar-refractivity contribution in [1.82, 2.24) is 0 Å². The second-order valence-electron chi connectivity index (χ2n) is 2.44. The molecule has 9 heavy (non-hydrogen) atoms. The third kappa shape index (κ3) is 6.23. The van der Waals surface area contributed by atoms with Crippen LogP contribution < -0.4 is 0 Å². The smallest absolute Gasteiger partial charge is 0.00168 e. The summed E-state index contributed by atoms with van der Waals surface area (Å²) >= 11 is 4.40. The van der Waals surface area contributed by atoms with E-state index in [1.54, 1.807) is 0 Å². The molecule has 0 aliphatic heterocycles. The van der Waals surface area contributed by atoms with E-state index in [0.29, 0.717) is 5.25 Å². The van der Waals surface area contributed by atoms with Gasteiger partial charge in [-0.25, -0.2) is 0 Å². The third-order valence-electron chi connectivity index (χ3n) is 1.43. The Kier molecular flexibility index (Phi) is 6.72. The van der Waals surface area contributed by atoms with E-state index in [1.165, 1.54) is 25.7 Å². The minimum absolute atomic E-state index is 0.599. The predicted molar refractivity (Wildman–Crippen MR) is 46.9 cm³/mol. The first kappa shape index (κ1) is 9.35. The highest BCUT2D eigenvalue weighted by atomic mass is 32.1. The highest BCUT2D eigenvalue weighted by Gasteiger charge is 1.98. The lowest BCUT2D eigenvalue weighted by molar-refractivity contribution is 0.654. The lowest BCUT2D eigenvalue weighted by Crippen LogP contribution is -1.96. The molecule has 0 aromatic carbocycles. The molecule has 0 aliphatic carbocycles. The summed E-state index contributed by atoms with van der Waals surface area (Å²) in [7, 11) is 0. The van der Waals surface area contributed by atoms with Crippen LogP contribution in [0.1, 0.15) is 39.0 Å². The van der Waals surface area contributed by atoms with Gasteiger partial charge in [0, 0.05) is 5.25 Å². The highest BCUT2D eigenvalue weighted by Crippen LogP contribution is 2.11. The topological polar surface area (TPSA) is 0 Å². The minimum atomic E-state index is 0.599. The zero-order valence-corrected chi connectivity index (χ0v) is 7.16. The van der Waals surface area contributed by atoms with Gasteiger partial charge in [0.25, 0.3) is 0 Å². The van der Waals surface area contributed by atoms with Crippen LogP contribution in [0, 0.1) is 6.92 Å². The molecule has 0 fully saturated rings. The molecule has 0 aromatic heterocycles. The van der Waals surface area contributed by atoms with Crippen LogP contribution in [0.2, 0.25) is 0 Å². The largest absolute Gasteiger partial charge is 0.176 e. The van der Waals surface area contributed by atoms with E-state index in [4.69, 9.17) is 0 Å². The van der Waals surface area contributed by atoms with E-state index in [1.807, 2.05) is 0 Å². The van der Waals surface area contributed by atoms with Crippen LogP contribution in [-0.4, -0.2) is 5.25 Å². The molecular weight excluding hydrogens is 128 g/mol. The van der Waals surface area contributed by atoms with Crippen molar-refractivity contribution in [1.29, 1.82) is 0 Å². The Labute approximate surface area is 64.4 Å². The Morgan fingerprint density at radius 3 is 2.56 bits per heavy atom. The van der Waals surface area contributed by atoms with Crippen molar-refractivity contribution >= 4 is 12.6 Å². The average Bonchev–Trinajstić information content (AvgIpc) is 1.85. The maximum absolute atomic E-state index is 4.40. The maximum atomic E-state index is 4.40. The van der Waals surface area contributed by atoms with Crippen LogP contribution >= 0.6 is 12.6 Å². The zero-order chi connectivity index (χ0) is 7.11. The summed E-state index contributed by atoms with van der Waals surface area (Å²) in [5, 5.41) is 0.599. The lowest BCUT2D eigenvalue weighted by Gasteiger charge is -2.06. The number of thiol groups is 1. The van der Waals surface area contributed by atoms with E-state index in [9.17, 15) is 0 Å². The van der Waals surface area contributed by atoms with Crippen LogP contribution in [0.3, 0.4) is 0 Å². The molecule has 0 heterocycles. The molecular formula is C8H17S. The monoisotopic (exact) mass is 145 g/mol. The summed E-state index contributed by atoms with van der Waals surface area (Å²) in [6.45, 7) is 6.00. The second-order valence-corrected chi connectivity index (χ2v) is 3.17. The highest BCUT2D eigenvalue weighted by molar-refractivity contribution is 7.80. The molecule has 1 atom stereocenters. The average molecular weight is 145 g/mol. The van der Waals surface area contributed by atoms with Crippen LogP contribution in [0.5, 0.6) is 0 Å². The molecule has 0 saturated carbocycles. The lowest BCUT2D eigenvalue weighted by atomic mass is 10.1. The van der Waals surface area contributed by atoms with E-state index in [2.05, 4.69) is 26.5 Å². The quantitative estimate of drug-likeness (QED) is 0.565. The van der Waals surface area contributed by atoms with Crippen molar-refractivity contribution < 1.29 is 0 Å². The second kappa shape index (κ2) is 6.47. The van der Waals surface area contributed by atoms with Gasteiger partial charge in [0.15, 0.2) is 0 Å². The number of rotatable bonds is 5. The molecule has 0 N–H and O–H groups in total. The minimum Gasteiger partial charge on any atom is -0.176 e. The number of hydrogen-bond donors (Lipinski definition) is 1. The number of unbranched alkanes of at least 4 members (excludes halogenated alkanes) is 1. The Hall–Kier alpha value is 0.350.